The number of carbonyl (C=O) groups excluding carboxylic acids is 1. The molecular weight excluding hydrogens is 372 g/mol. The summed E-state index contributed by atoms with van der Waals surface area (Å²) in [6.07, 6.45) is 6.51. The molecule has 1 fully saturated rings. The first-order chi connectivity index (χ1) is 13.5. The number of amides is 1. The van der Waals surface area contributed by atoms with Crippen molar-refractivity contribution < 1.29 is 9.53 Å². The first-order valence-corrected chi connectivity index (χ1v) is 10.4. The van der Waals surface area contributed by atoms with Gasteiger partial charge in [0.15, 0.2) is 6.61 Å². The molecule has 0 atom stereocenters. The van der Waals surface area contributed by atoms with E-state index < -0.39 is 0 Å². The van der Waals surface area contributed by atoms with Crippen molar-refractivity contribution >= 4 is 23.2 Å². The Morgan fingerprint density at radius 2 is 1.93 bits per heavy atom. The highest BCUT2D eigenvalue weighted by atomic mass is 35.5. The molecule has 4 nitrogen and oxygen atoms in total. The van der Waals surface area contributed by atoms with Gasteiger partial charge in [0.05, 0.1) is 0 Å². The van der Waals surface area contributed by atoms with Crippen molar-refractivity contribution in [2.24, 2.45) is 0 Å². The van der Waals surface area contributed by atoms with Crippen LogP contribution in [0.25, 0.3) is 0 Å². The van der Waals surface area contributed by atoms with Gasteiger partial charge in [0.1, 0.15) is 5.75 Å². The number of benzene rings is 2. The largest absolute Gasteiger partial charge is 0.483 e. The van der Waals surface area contributed by atoms with Crippen LogP contribution in [0.15, 0.2) is 42.5 Å². The zero-order valence-corrected chi connectivity index (χ0v) is 17.5. The molecule has 1 aliphatic rings. The minimum absolute atomic E-state index is 0.0325. The van der Waals surface area contributed by atoms with Crippen molar-refractivity contribution in [1.82, 2.24) is 4.90 Å². The molecule has 0 unspecified atom stereocenters. The van der Waals surface area contributed by atoms with E-state index in [9.17, 15) is 4.79 Å². The summed E-state index contributed by atoms with van der Waals surface area (Å²) in [7, 11) is 2.18. The van der Waals surface area contributed by atoms with Gasteiger partial charge < -0.3 is 10.1 Å². The second-order valence-corrected chi connectivity index (χ2v) is 8.05. The van der Waals surface area contributed by atoms with Gasteiger partial charge in [-0.2, -0.15) is 0 Å². The number of halogens is 1. The molecule has 0 spiro atoms. The number of nitrogens with one attached hydrogen (secondary N) is 1. The Labute approximate surface area is 172 Å². The fraction of sp³-hybridized carbons (Fsp3) is 0.435. The Hall–Kier alpha value is -2.04. The number of nitrogens with zero attached hydrogens (tertiary/aromatic N) is 1. The third-order valence-corrected chi connectivity index (χ3v) is 5.64. The lowest BCUT2D eigenvalue weighted by molar-refractivity contribution is -0.118. The van der Waals surface area contributed by atoms with Gasteiger partial charge in [0.25, 0.3) is 5.91 Å². The van der Waals surface area contributed by atoms with Crippen LogP contribution in [0.5, 0.6) is 5.75 Å². The molecule has 3 rings (SSSR count). The van der Waals surface area contributed by atoms with Gasteiger partial charge in [-0.3, -0.25) is 9.69 Å². The number of ether oxygens (including phenoxy) is 1. The molecule has 1 amide bonds. The fourth-order valence-corrected chi connectivity index (χ4v) is 4.03. The van der Waals surface area contributed by atoms with E-state index in [1.165, 1.54) is 32.1 Å². The van der Waals surface area contributed by atoms with Gasteiger partial charge in [-0.15, -0.1) is 0 Å². The number of carbonyl (C=O) groups is 1. The van der Waals surface area contributed by atoms with Crippen molar-refractivity contribution in [2.45, 2.75) is 51.6 Å². The molecule has 0 radical (unpaired) electrons. The molecule has 2 aromatic rings. The van der Waals surface area contributed by atoms with Crippen molar-refractivity contribution in [3.8, 4) is 5.75 Å². The third-order valence-electron chi connectivity index (χ3n) is 5.40. The summed E-state index contributed by atoms with van der Waals surface area (Å²) in [6.45, 7) is 2.71. The van der Waals surface area contributed by atoms with Crippen LogP contribution in [-0.4, -0.2) is 30.5 Å². The zero-order valence-electron chi connectivity index (χ0n) is 16.7. The molecule has 1 aliphatic carbocycles. The maximum absolute atomic E-state index is 12.4. The quantitative estimate of drug-likeness (QED) is 0.673. The first-order valence-electron chi connectivity index (χ1n) is 10.00. The minimum Gasteiger partial charge on any atom is -0.483 e. The van der Waals surface area contributed by atoms with Crippen LogP contribution < -0.4 is 10.1 Å². The van der Waals surface area contributed by atoms with E-state index >= 15 is 0 Å². The SMILES string of the molecule is Cc1cc(Cl)ccc1OCC(=O)Nc1ccccc1CN(C)C1CCCCC1. The fourth-order valence-electron chi connectivity index (χ4n) is 3.80. The van der Waals surface area contributed by atoms with Gasteiger partial charge in [0, 0.05) is 23.3 Å². The van der Waals surface area contributed by atoms with E-state index in [0.717, 1.165) is 23.4 Å². The molecule has 0 saturated heterocycles. The van der Waals surface area contributed by atoms with Crippen LogP contribution in [0.4, 0.5) is 5.69 Å². The van der Waals surface area contributed by atoms with E-state index in [1.54, 1.807) is 12.1 Å². The minimum atomic E-state index is -0.165. The van der Waals surface area contributed by atoms with Gasteiger partial charge in [-0.05, 0) is 62.2 Å². The van der Waals surface area contributed by atoms with Gasteiger partial charge in [0.2, 0.25) is 0 Å². The summed E-state index contributed by atoms with van der Waals surface area (Å²) in [5.41, 5.74) is 2.90. The average Bonchev–Trinajstić information content (AvgIpc) is 2.69. The van der Waals surface area contributed by atoms with Crippen LogP contribution in [-0.2, 0) is 11.3 Å². The molecule has 0 aromatic heterocycles. The maximum atomic E-state index is 12.4. The van der Waals surface area contributed by atoms with Crippen molar-refractivity contribution in [3.05, 3.63) is 58.6 Å². The Morgan fingerprint density at radius 1 is 1.18 bits per heavy atom. The van der Waals surface area contributed by atoms with E-state index in [2.05, 4.69) is 23.3 Å². The number of rotatable bonds is 7. The van der Waals surface area contributed by atoms with Crippen molar-refractivity contribution in [3.63, 3.8) is 0 Å². The molecule has 5 heteroatoms. The number of aryl methyl sites for hydroxylation is 1. The average molecular weight is 401 g/mol. The van der Waals surface area contributed by atoms with Crippen LogP contribution in [0.2, 0.25) is 5.02 Å². The van der Waals surface area contributed by atoms with Crippen molar-refractivity contribution in [2.75, 3.05) is 19.0 Å². The van der Waals surface area contributed by atoms with Gasteiger partial charge in [-0.1, -0.05) is 49.1 Å². The second-order valence-electron chi connectivity index (χ2n) is 7.61. The predicted molar refractivity (Wildman–Crippen MR) is 115 cm³/mol. The number of hydrogen-bond donors (Lipinski definition) is 1. The summed E-state index contributed by atoms with van der Waals surface area (Å²) < 4.78 is 5.66. The van der Waals surface area contributed by atoms with Gasteiger partial charge >= 0.3 is 0 Å². The molecule has 0 heterocycles. The maximum Gasteiger partial charge on any atom is 0.262 e. The highest BCUT2D eigenvalue weighted by molar-refractivity contribution is 6.30. The molecule has 150 valence electrons. The molecule has 1 N–H and O–H groups in total. The summed E-state index contributed by atoms with van der Waals surface area (Å²) in [6, 6.07) is 14.0. The number of para-hydroxylation sites is 1. The van der Waals surface area contributed by atoms with E-state index in [4.69, 9.17) is 16.3 Å². The Bertz CT molecular complexity index is 803. The normalized spacial score (nSPS) is 14.9. The molecule has 0 aliphatic heterocycles. The first kappa shape index (κ1) is 20.7. The Kier molecular flexibility index (Phi) is 7.35. The molecule has 1 saturated carbocycles. The summed E-state index contributed by atoms with van der Waals surface area (Å²) >= 11 is 5.96. The zero-order chi connectivity index (χ0) is 19.9. The lowest BCUT2D eigenvalue weighted by Gasteiger charge is -2.31. The van der Waals surface area contributed by atoms with E-state index in [1.807, 2.05) is 31.2 Å². The molecule has 28 heavy (non-hydrogen) atoms. The standard InChI is InChI=1S/C23H29ClN2O2/c1-17-14-19(24)12-13-22(17)28-16-23(27)25-21-11-7-6-8-18(21)15-26(2)20-9-4-3-5-10-20/h6-8,11-14,20H,3-5,9-10,15-16H2,1-2H3,(H,25,27). The molecule has 0 bridgehead atoms. The molecule has 2 aromatic carbocycles. The van der Waals surface area contributed by atoms with Crippen LogP contribution in [0.3, 0.4) is 0 Å². The highest BCUT2D eigenvalue weighted by Gasteiger charge is 2.19. The summed E-state index contributed by atoms with van der Waals surface area (Å²) in [5.74, 6) is 0.506. The van der Waals surface area contributed by atoms with Gasteiger partial charge in [-0.25, -0.2) is 0 Å². The summed E-state index contributed by atoms with van der Waals surface area (Å²) in [4.78, 5) is 14.8. The number of hydrogen-bond acceptors (Lipinski definition) is 3. The monoisotopic (exact) mass is 400 g/mol. The van der Waals surface area contributed by atoms with E-state index in [-0.39, 0.29) is 12.5 Å². The second kappa shape index (κ2) is 9.94. The lowest BCUT2D eigenvalue weighted by atomic mass is 9.94. The lowest BCUT2D eigenvalue weighted by Crippen LogP contribution is -2.33. The predicted octanol–water partition coefficient (Wildman–Crippen LogP) is 5.43. The third kappa shape index (κ3) is 5.73. The highest BCUT2D eigenvalue weighted by Crippen LogP contribution is 2.25. The number of anilines is 1. The van der Waals surface area contributed by atoms with Crippen LogP contribution in [0, 0.1) is 6.92 Å². The summed E-state index contributed by atoms with van der Waals surface area (Å²) in [5, 5.41) is 3.66. The van der Waals surface area contributed by atoms with Crippen LogP contribution >= 0.6 is 11.6 Å². The Balaban J connectivity index is 1.58. The van der Waals surface area contributed by atoms with Crippen molar-refractivity contribution in [1.29, 1.82) is 0 Å². The van der Waals surface area contributed by atoms with Crippen LogP contribution in [0.1, 0.15) is 43.2 Å². The Morgan fingerprint density at radius 3 is 2.68 bits per heavy atom. The topological polar surface area (TPSA) is 41.6 Å². The molecular formula is C23H29ClN2O2. The van der Waals surface area contributed by atoms with E-state index in [0.29, 0.717) is 16.8 Å². The smallest absolute Gasteiger partial charge is 0.262 e.